The Balaban J connectivity index is 2.01. The van der Waals surface area contributed by atoms with Crippen LogP contribution < -0.4 is 14.8 Å². The van der Waals surface area contributed by atoms with Gasteiger partial charge in [-0.1, -0.05) is 6.07 Å². The van der Waals surface area contributed by atoms with E-state index in [1.807, 2.05) is 18.2 Å². The molecule has 0 fully saturated rings. The molecule has 0 bridgehead atoms. The van der Waals surface area contributed by atoms with Crippen molar-refractivity contribution < 1.29 is 19.0 Å². The first-order valence-electron chi connectivity index (χ1n) is 5.52. The van der Waals surface area contributed by atoms with Gasteiger partial charge in [0.05, 0.1) is 7.11 Å². The fourth-order valence-electron chi connectivity index (χ4n) is 1.72. The molecule has 6 heteroatoms. The van der Waals surface area contributed by atoms with Crippen molar-refractivity contribution in [3.05, 3.63) is 23.8 Å². The zero-order chi connectivity index (χ0) is 13.0. The number of ether oxygens (including phenoxy) is 3. The molecule has 0 spiro atoms. The molecule has 0 unspecified atom stereocenters. The number of hydrogen-bond acceptors (Lipinski definition) is 4. The number of carbonyl (C=O) groups excluding carboxylic acids is 1. The molecule has 0 radical (unpaired) electrons. The summed E-state index contributed by atoms with van der Waals surface area (Å²) in [5.74, 6) is 1.77. The SMILES string of the molecule is COC(=O)N[C@@H](CCl)Cc1ccc2c(c1)OCO2. The molecule has 1 aromatic rings. The van der Waals surface area contributed by atoms with E-state index in [0.29, 0.717) is 12.3 Å². The molecule has 18 heavy (non-hydrogen) atoms. The van der Waals surface area contributed by atoms with Crippen LogP contribution in [0.25, 0.3) is 0 Å². The second kappa shape index (κ2) is 5.82. The van der Waals surface area contributed by atoms with Gasteiger partial charge in [-0.05, 0) is 24.1 Å². The Morgan fingerprint density at radius 1 is 1.50 bits per heavy atom. The van der Waals surface area contributed by atoms with Gasteiger partial charge in [-0.3, -0.25) is 0 Å². The van der Waals surface area contributed by atoms with Crippen LogP contribution in [0, 0.1) is 0 Å². The predicted molar refractivity (Wildman–Crippen MR) is 66.3 cm³/mol. The molecule has 1 aromatic carbocycles. The fourth-order valence-corrected chi connectivity index (χ4v) is 1.91. The van der Waals surface area contributed by atoms with Gasteiger partial charge in [0.15, 0.2) is 11.5 Å². The molecular weight excluding hydrogens is 258 g/mol. The third kappa shape index (κ3) is 2.98. The maximum atomic E-state index is 11.1. The molecule has 2 rings (SSSR count). The minimum atomic E-state index is -0.485. The van der Waals surface area contributed by atoms with Gasteiger partial charge in [0.2, 0.25) is 6.79 Å². The Labute approximate surface area is 110 Å². The van der Waals surface area contributed by atoms with Crippen LogP contribution in [0.5, 0.6) is 11.5 Å². The lowest BCUT2D eigenvalue weighted by Crippen LogP contribution is -2.37. The normalized spacial score (nSPS) is 14.1. The van der Waals surface area contributed by atoms with E-state index >= 15 is 0 Å². The summed E-state index contributed by atoms with van der Waals surface area (Å²) in [6.07, 6.45) is 0.122. The second-order valence-corrected chi connectivity index (χ2v) is 4.19. The minimum Gasteiger partial charge on any atom is -0.454 e. The Hall–Kier alpha value is -1.62. The van der Waals surface area contributed by atoms with Gasteiger partial charge < -0.3 is 19.5 Å². The van der Waals surface area contributed by atoms with Crippen molar-refractivity contribution in [3.8, 4) is 11.5 Å². The summed E-state index contributed by atoms with van der Waals surface area (Å²) in [4.78, 5) is 11.1. The maximum Gasteiger partial charge on any atom is 0.407 e. The van der Waals surface area contributed by atoms with Crippen LogP contribution in [0.3, 0.4) is 0 Å². The maximum absolute atomic E-state index is 11.1. The molecule has 0 aromatic heterocycles. The van der Waals surface area contributed by atoms with Crippen molar-refractivity contribution in [2.45, 2.75) is 12.5 Å². The first kappa shape index (κ1) is 12.8. The van der Waals surface area contributed by atoms with Crippen LogP contribution in [0.1, 0.15) is 5.56 Å². The molecule has 1 aliphatic heterocycles. The fraction of sp³-hybridized carbons (Fsp3) is 0.417. The van der Waals surface area contributed by atoms with E-state index in [2.05, 4.69) is 10.1 Å². The molecule has 0 saturated heterocycles. The van der Waals surface area contributed by atoms with Crippen molar-refractivity contribution in [2.75, 3.05) is 19.8 Å². The van der Waals surface area contributed by atoms with Crippen molar-refractivity contribution in [3.63, 3.8) is 0 Å². The third-order valence-corrected chi connectivity index (χ3v) is 2.99. The summed E-state index contributed by atoms with van der Waals surface area (Å²) in [5, 5.41) is 2.67. The van der Waals surface area contributed by atoms with Crippen molar-refractivity contribution in [2.24, 2.45) is 0 Å². The predicted octanol–water partition coefficient (Wildman–Crippen LogP) is 1.92. The third-order valence-electron chi connectivity index (χ3n) is 2.61. The molecule has 98 valence electrons. The number of hydrogen-bond donors (Lipinski definition) is 1. The highest BCUT2D eigenvalue weighted by Gasteiger charge is 2.16. The number of alkyl halides is 1. The molecule has 1 aliphatic rings. The number of rotatable bonds is 4. The number of alkyl carbamates (subject to hydrolysis) is 1. The van der Waals surface area contributed by atoms with Gasteiger partial charge in [-0.15, -0.1) is 11.6 Å². The number of halogens is 1. The van der Waals surface area contributed by atoms with E-state index in [1.54, 1.807) is 0 Å². The van der Waals surface area contributed by atoms with Gasteiger partial charge in [0, 0.05) is 11.9 Å². The minimum absolute atomic E-state index is 0.181. The lowest BCUT2D eigenvalue weighted by Gasteiger charge is -2.15. The number of methoxy groups -OCH3 is 1. The van der Waals surface area contributed by atoms with E-state index in [-0.39, 0.29) is 12.8 Å². The van der Waals surface area contributed by atoms with Gasteiger partial charge in [0.25, 0.3) is 0 Å². The highest BCUT2D eigenvalue weighted by atomic mass is 35.5. The van der Waals surface area contributed by atoms with Crippen LogP contribution in [0.4, 0.5) is 4.79 Å². The Morgan fingerprint density at radius 2 is 2.28 bits per heavy atom. The van der Waals surface area contributed by atoms with Crippen LogP contribution in [0.2, 0.25) is 0 Å². The van der Waals surface area contributed by atoms with E-state index in [0.717, 1.165) is 17.1 Å². The summed E-state index contributed by atoms with van der Waals surface area (Å²) >= 11 is 5.81. The highest BCUT2D eigenvalue weighted by molar-refractivity contribution is 6.18. The molecule has 1 N–H and O–H groups in total. The monoisotopic (exact) mass is 271 g/mol. The summed E-state index contributed by atoms with van der Waals surface area (Å²) < 4.78 is 15.1. The van der Waals surface area contributed by atoms with Crippen LogP contribution in [0.15, 0.2) is 18.2 Å². The number of benzene rings is 1. The Kier molecular flexibility index (Phi) is 4.15. The molecule has 1 atom stereocenters. The average molecular weight is 272 g/mol. The first-order chi connectivity index (χ1) is 8.72. The van der Waals surface area contributed by atoms with Gasteiger partial charge in [-0.2, -0.15) is 0 Å². The van der Waals surface area contributed by atoms with Crippen LogP contribution >= 0.6 is 11.6 Å². The molecule has 1 amide bonds. The molecule has 0 saturated carbocycles. The van der Waals surface area contributed by atoms with Crippen molar-refractivity contribution >= 4 is 17.7 Å². The van der Waals surface area contributed by atoms with Crippen molar-refractivity contribution in [1.82, 2.24) is 5.32 Å². The Bertz CT molecular complexity index is 438. The number of fused-ring (bicyclic) bond motifs is 1. The quantitative estimate of drug-likeness (QED) is 0.850. The topological polar surface area (TPSA) is 56.8 Å². The standard InChI is InChI=1S/C12H14ClNO4/c1-16-12(15)14-9(6-13)4-8-2-3-10-11(5-8)18-7-17-10/h2-3,5,9H,4,6-7H2,1H3,(H,14,15)/t9-/m1/s1. The smallest absolute Gasteiger partial charge is 0.407 e. The molecular formula is C12H14ClNO4. The summed E-state index contributed by atoms with van der Waals surface area (Å²) in [6.45, 7) is 0.248. The zero-order valence-corrected chi connectivity index (χ0v) is 10.7. The Morgan fingerprint density at radius 3 is 3.00 bits per heavy atom. The van der Waals surface area contributed by atoms with E-state index < -0.39 is 6.09 Å². The van der Waals surface area contributed by atoms with E-state index in [1.165, 1.54) is 7.11 Å². The van der Waals surface area contributed by atoms with Crippen LogP contribution in [-0.2, 0) is 11.2 Å². The van der Waals surface area contributed by atoms with Gasteiger partial charge in [-0.25, -0.2) is 4.79 Å². The molecule has 5 nitrogen and oxygen atoms in total. The van der Waals surface area contributed by atoms with Crippen molar-refractivity contribution in [1.29, 1.82) is 0 Å². The average Bonchev–Trinajstić information content (AvgIpc) is 2.85. The number of amides is 1. The largest absolute Gasteiger partial charge is 0.454 e. The summed E-state index contributed by atoms with van der Waals surface area (Å²) in [5.41, 5.74) is 1.02. The highest BCUT2D eigenvalue weighted by Crippen LogP contribution is 2.32. The number of nitrogens with one attached hydrogen (secondary N) is 1. The van der Waals surface area contributed by atoms with E-state index in [4.69, 9.17) is 21.1 Å². The van der Waals surface area contributed by atoms with Gasteiger partial charge >= 0.3 is 6.09 Å². The number of carbonyl (C=O) groups is 1. The van der Waals surface area contributed by atoms with Crippen LogP contribution in [-0.4, -0.2) is 31.9 Å². The molecule has 1 heterocycles. The zero-order valence-electron chi connectivity index (χ0n) is 9.94. The lowest BCUT2D eigenvalue weighted by molar-refractivity contribution is 0.167. The molecule has 0 aliphatic carbocycles. The summed E-state index contributed by atoms with van der Waals surface area (Å²) in [7, 11) is 1.32. The second-order valence-electron chi connectivity index (χ2n) is 3.88. The van der Waals surface area contributed by atoms with E-state index in [9.17, 15) is 4.79 Å². The first-order valence-corrected chi connectivity index (χ1v) is 6.05. The lowest BCUT2D eigenvalue weighted by atomic mass is 10.1. The summed E-state index contributed by atoms with van der Waals surface area (Å²) in [6, 6.07) is 5.48. The van der Waals surface area contributed by atoms with Gasteiger partial charge in [0.1, 0.15) is 0 Å².